The Morgan fingerprint density at radius 1 is 1.33 bits per heavy atom. The summed E-state index contributed by atoms with van der Waals surface area (Å²) in [5.41, 5.74) is 1.74. The van der Waals surface area contributed by atoms with E-state index in [9.17, 15) is 4.39 Å². The van der Waals surface area contributed by atoms with Crippen LogP contribution in [0.2, 0.25) is 0 Å². The highest BCUT2D eigenvalue weighted by molar-refractivity contribution is 9.10. The predicted molar refractivity (Wildman–Crippen MR) is 87.8 cm³/mol. The Bertz CT molecular complexity index is 604. The first-order valence-corrected chi connectivity index (χ1v) is 7.70. The highest BCUT2D eigenvalue weighted by Crippen LogP contribution is 2.21. The van der Waals surface area contributed by atoms with Gasteiger partial charge in [-0.3, -0.25) is 0 Å². The lowest BCUT2D eigenvalue weighted by Gasteiger charge is -2.20. The highest BCUT2D eigenvalue weighted by atomic mass is 79.9. The topological polar surface area (TPSA) is 28.2 Å². The molecule has 0 amide bonds. The molecule has 1 aromatic carbocycles. The van der Waals surface area contributed by atoms with Crippen molar-refractivity contribution in [2.75, 3.05) is 18.5 Å². The largest absolute Gasteiger partial charge is 0.353 e. The van der Waals surface area contributed by atoms with Crippen LogP contribution in [0.1, 0.15) is 18.1 Å². The minimum atomic E-state index is -0.254. The maximum atomic E-state index is 14.5. The molecule has 0 aliphatic heterocycles. The van der Waals surface area contributed by atoms with Crippen molar-refractivity contribution in [2.24, 2.45) is 0 Å². The molecular formula is C16H19BrFN3. The number of anilines is 1. The summed E-state index contributed by atoms with van der Waals surface area (Å²) in [4.78, 5) is 6.00. The summed E-state index contributed by atoms with van der Waals surface area (Å²) in [5.74, 6) is 0.126. The maximum absolute atomic E-state index is 14.5. The normalized spacial score (nSPS) is 10.7. The molecular weight excluding hydrogens is 333 g/mol. The van der Waals surface area contributed by atoms with E-state index in [1.165, 1.54) is 0 Å². The minimum Gasteiger partial charge on any atom is -0.353 e. The van der Waals surface area contributed by atoms with E-state index < -0.39 is 0 Å². The van der Waals surface area contributed by atoms with Gasteiger partial charge in [0.25, 0.3) is 0 Å². The molecule has 0 saturated carbocycles. The Kier molecular flexibility index (Phi) is 5.70. The van der Waals surface area contributed by atoms with Gasteiger partial charge < -0.3 is 10.2 Å². The number of pyridine rings is 1. The summed E-state index contributed by atoms with van der Waals surface area (Å²) in [6.45, 7) is 3.93. The van der Waals surface area contributed by atoms with Crippen molar-refractivity contribution in [3.8, 4) is 0 Å². The van der Waals surface area contributed by atoms with Crippen LogP contribution in [0, 0.1) is 5.82 Å². The van der Waals surface area contributed by atoms with Crippen molar-refractivity contribution in [2.45, 2.75) is 20.0 Å². The van der Waals surface area contributed by atoms with Crippen LogP contribution in [-0.2, 0) is 13.1 Å². The molecule has 0 unspecified atom stereocenters. The van der Waals surface area contributed by atoms with Crippen LogP contribution < -0.4 is 10.2 Å². The Morgan fingerprint density at radius 3 is 2.86 bits per heavy atom. The van der Waals surface area contributed by atoms with E-state index in [-0.39, 0.29) is 5.82 Å². The van der Waals surface area contributed by atoms with Gasteiger partial charge in [-0.2, -0.15) is 0 Å². The van der Waals surface area contributed by atoms with Crippen LogP contribution in [0.15, 0.2) is 41.0 Å². The number of aromatic nitrogens is 1. The summed E-state index contributed by atoms with van der Waals surface area (Å²) in [6.07, 6.45) is 1.66. The van der Waals surface area contributed by atoms with E-state index >= 15 is 0 Å². The Morgan fingerprint density at radius 2 is 2.14 bits per heavy atom. The SMILES string of the molecule is CCNCc1ccnc(N(C)Cc2cccc(Br)c2)c1F. The molecule has 1 heterocycles. The smallest absolute Gasteiger partial charge is 0.170 e. The van der Waals surface area contributed by atoms with Crippen LogP contribution in [0.4, 0.5) is 10.2 Å². The quantitative estimate of drug-likeness (QED) is 0.859. The van der Waals surface area contributed by atoms with Gasteiger partial charge in [-0.05, 0) is 30.3 Å². The van der Waals surface area contributed by atoms with Crippen molar-refractivity contribution >= 4 is 21.7 Å². The van der Waals surface area contributed by atoms with Gasteiger partial charge in [-0.1, -0.05) is 35.0 Å². The van der Waals surface area contributed by atoms with Crippen LogP contribution in [0.3, 0.4) is 0 Å². The number of benzene rings is 1. The molecule has 0 aliphatic carbocycles. The molecule has 0 saturated heterocycles. The molecule has 0 aliphatic rings. The third-order valence-electron chi connectivity index (χ3n) is 3.19. The zero-order chi connectivity index (χ0) is 15.2. The summed E-state index contributed by atoms with van der Waals surface area (Å²) in [7, 11) is 1.85. The number of hydrogen-bond acceptors (Lipinski definition) is 3. The van der Waals surface area contributed by atoms with Gasteiger partial charge in [-0.25, -0.2) is 9.37 Å². The van der Waals surface area contributed by atoms with Crippen molar-refractivity contribution < 1.29 is 4.39 Å². The van der Waals surface area contributed by atoms with Gasteiger partial charge >= 0.3 is 0 Å². The molecule has 1 aromatic heterocycles. The number of nitrogens with zero attached hydrogens (tertiary/aromatic N) is 2. The van der Waals surface area contributed by atoms with Crippen LogP contribution in [0.5, 0.6) is 0 Å². The predicted octanol–water partition coefficient (Wildman–Crippen LogP) is 3.73. The fourth-order valence-corrected chi connectivity index (χ4v) is 2.56. The minimum absolute atomic E-state index is 0.254. The highest BCUT2D eigenvalue weighted by Gasteiger charge is 2.13. The van der Waals surface area contributed by atoms with E-state index in [0.717, 1.165) is 16.6 Å². The van der Waals surface area contributed by atoms with Gasteiger partial charge in [0.1, 0.15) is 0 Å². The molecule has 5 heteroatoms. The maximum Gasteiger partial charge on any atom is 0.170 e. The Labute approximate surface area is 133 Å². The van der Waals surface area contributed by atoms with Gasteiger partial charge in [0, 0.05) is 36.4 Å². The molecule has 0 bridgehead atoms. The second kappa shape index (κ2) is 7.52. The van der Waals surface area contributed by atoms with Gasteiger partial charge in [0.05, 0.1) is 0 Å². The van der Waals surface area contributed by atoms with E-state index in [1.54, 1.807) is 12.3 Å². The second-order valence-electron chi connectivity index (χ2n) is 4.87. The summed E-state index contributed by atoms with van der Waals surface area (Å²) in [5, 5.41) is 3.14. The zero-order valence-electron chi connectivity index (χ0n) is 12.2. The van der Waals surface area contributed by atoms with Gasteiger partial charge in [0.2, 0.25) is 0 Å². The molecule has 3 nitrogen and oxygen atoms in total. The van der Waals surface area contributed by atoms with Crippen LogP contribution in [0.25, 0.3) is 0 Å². The molecule has 0 spiro atoms. The standard InChI is InChI=1S/C16H19BrFN3/c1-3-19-10-13-7-8-20-16(15(13)18)21(2)11-12-5-4-6-14(17)9-12/h4-9,19H,3,10-11H2,1-2H3. The fraction of sp³-hybridized carbons (Fsp3) is 0.312. The molecule has 0 radical (unpaired) electrons. The van der Waals surface area contributed by atoms with E-state index in [0.29, 0.717) is 24.5 Å². The molecule has 2 rings (SSSR count). The summed E-state index contributed by atoms with van der Waals surface area (Å²) >= 11 is 3.45. The zero-order valence-corrected chi connectivity index (χ0v) is 13.8. The Balaban J connectivity index is 2.17. The lowest BCUT2D eigenvalue weighted by Crippen LogP contribution is -2.21. The van der Waals surface area contributed by atoms with E-state index in [1.807, 2.05) is 43.1 Å². The lowest BCUT2D eigenvalue weighted by molar-refractivity contribution is 0.583. The Hall–Kier alpha value is -1.46. The molecule has 0 atom stereocenters. The third-order valence-corrected chi connectivity index (χ3v) is 3.68. The van der Waals surface area contributed by atoms with Crippen LogP contribution >= 0.6 is 15.9 Å². The number of hydrogen-bond donors (Lipinski definition) is 1. The lowest BCUT2D eigenvalue weighted by atomic mass is 10.2. The second-order valence-corrected chi connectivity index (χ2v) is 5.79. The first-order chi connectivity index (χ1) is 10.1. The monoisotopic (exact) mass is 351 g/mol. The third kappa shape index (κ3) is 4.25. The average Bonchev–Trinajstić information content (AvgIpc) is 2.46. The first kappa shape index (κ1) is 15.9. The van der Waals surface area contributed by atoms with E-state index in [4.69, 9.17) is 0 Å². The van der Waals surface area contributed by atoms with Crippen molar-refractivity contribution in [1.82, 2.24) is 10.3 Å². The van der Waals surface area contributed by atoms with Gasteiger partial charge in [-0.15, -0.1) is 0 Å². The molecule has 2 aromatic rings. The first-order valence-electron chi connectivity index (χ1n) is 6.91. The summed E-state index contributed by atoms with van der Waals surface area (Å²) in [6, 6.07) is 9.70. The summed E-state index contributed by atoms with van der Waals surface area (Å²) < 4.78 is 15.5. The van der Waals surface area contributed by atoms with Crippen molar-refractivity contribution in [1.29, 1.82) is 0 Å². The van der Waals surface area contributed by atoms with Crippen molar-refractivity contribution in [3.63, 3.8) is 0 Å². The molecule has 0 fully saturated rings. The van der Waals surface area contributed by atoms with Crippen LogP contribution in [-0.4, -0.2) is 18.6 Å². The fourth-order valence-electron chi connectivity index (χ4n) is 2.12. The molecule has 21 heavy (non-hydrogen) atoms. The van der Waals surface area contributed by atoms with E-state index in [2.05, 4.69) is 26.2 Å². The van der Waals surface area contributed by atoms with Crippen molar-refractivity contribution in [3.05, 3.63) is 57.9 Å². The van der Waals surface area contributed by atoms with Gasteiger partial charge in [0.15, 0.2) is 11.6 Å². The molecule has 1 N–H and O–H groups in total. The number of rotatable bonds is 6. The average molecular weight is 352 g/mol. The molecule has 112 valence electrons. The number of halogens is 2. The number of nitrogens with one attached hydrogen (secondary N) is 1.